The van der Waals surface area contributed by atoms with Crippen molar-refractivity contribution in [2.75, 3.05) is 63.1 Å². The van der Waals surface area contributed by atoms with E-state index in [9.17, 15) is 4.39 Å². The summed E-state index contributed by atoms with van der Waals surface area (Å²) in [5, 5.41) is 10.4. The zero-order valence-corrected chi connectivity index (χ0v) is 18.1. The molecule has 5 rings (SSSR count). The Morgan fingerprint density at radius 1 is 1.19 bits per heavy atom. The van der Waals surface area contributed by atoms with E-state index in [-0.39, 0.29) is 5.82 Å². The van der Waals surface area contributed by atoms with Crippen LogP contribution in [0.4, 0.5) is 16.0 Å². The third-order valence-corrected chi connectivity index (χ3v) is 5.91. The molecule has 0 bridgehead atoms. The topological polar surface area (TPSA) is 91.6 Å². The average molecular weight is 441 g/mol. The molecule has 2 saturated heterocycles. The maximum absolute atomic E-state index is 13.9. The number of nitrogens with zero attached hydrogens (tertiary/aromatic N) is 5. The fourth-order valence-corrected chi connectivity index (χ4v) is 4.20. The highest BCUT2D eigenvalue weighted by Gasteiger charge is 2.17. The summed E-state index contributed by atoms with van der Waals surface area (Å²) < 4.78 is 21.0. The number of aromatic nitrogens is 4. The highest BCUT2D eigenvalue weighted by atomic mass is 19.1. The summed E-state index contributed by atoms with van der Waals surface area (Å²) >= 11 is 0. The maximum atomic E-state index is 13.9. The molecule has 2 aliphatic heterocycles. The van der Waals surface area contributed by atoms with Crippen LogP contribution < -0.4 is 16.0 Å². The van der Waals surface area contributed by atoms with Gasteiger partial charge in [-0.2, -0.15) is 0 Å². The Balaban J connectivity index is 1.39. The van der Waals surface area contributed by atoms with Crippen molar-refractivity contribution in [3.63, 3.8) is 0 Å². The largest absolute Gasteiger partial charge is 0.379 e. The highest BCUT2D eigenvalue weighted by Crippen LogP contribution is 2.23. The molecule has 0 saturated carbocycles. The molecule has 2 fully saturated rings. The number of ether oxygens (including phenoxy) is 1. The van der Waals surface area contributed by atoms with E-state index >= 15 is 0 Å². The summed E-state index contributed by atoms with van der Waals surface area (Å²) in [6.07, 6.45) is 5.32. The van der Waals surface area contributed by atoms with Crippen LogP contribution in [-0.4, -0.2) is 82.8 Å². The molecule has 0 aromatic carbocycles. The SMILES string of the molecule is Fc1ccc2ncc(-c3nc(NCCN4CCOCC4)cc(N[C@@H]4CCCNC4)n3)n2c1. The van der Waals surface area contributed by atoms with Crippen LogP contribution in [0.3, 0.4) is 0 Å². The van der Waals surface area contributed by atoms with Crippen molar-refractivity contribution < 1.29 is 9.13 Å². The first-order valence-corrected chi connectivity index (χ1v) is 11.3. The Labute approximate surface area is 186 Å². The van der Waals surface area contributed by atoms with E-state index in [2.05, 4.69) is 25.8 Å². The first-order chi connectivity index (χ1) is 15.7. The van der Waals surface area contributed by atoms with Crippen LogP contribution in [0, 0.1) is 5.82 Å². The summed E-state index contributed by atoms with van der Waals surface area (Å²) in [5.74, 6) is 1.67. The van der Waals surface area contributed by atoms with Gasteiger partial charge in [0.1, 0.15) is 28.8 Å². The van der Waals surface area contributed by atoms with Gasteiger partial charge in [0.15, 0.2) is 5.82 Å². The van der Waals surface area contributed by atoms with Crippen molar-refractivity contribution in [1.82, 2.24) is 29.6 Å². The van der Waals surface area contributed by atoms with Gasteiger partial charge in [0, 0.05) is 51.0 Å². The predicted molar refractivity (Wildman–Crippen MR) is 121 cm³/mol. The lowest BCUT2D eigenvalue weighted by Gasteiger charge is -2.26. The molecule has 0 unspecified atom stereocenters. The molecule has 10 heteroatoms. The molecule has 3 N–H and O–H groups in total. The molecular weight excluding hydrogens is 411 g/mol. The van der Waals surface area contributed by atoms with Gasteiger partial charge in [0.2, 0.25) is 0 Å². The van der Waals surface area contributed by atoms with Crippen LogP contribution in [-0.2, 0) is 4.74 Å². The lowest BCUT2D eigenvalue weighted by molar-refractivity contribution is 0.0398. The summed E-state index contributed by atoms with van der Waals surface area (Å²) in [6.45, 7) is 7.10. The maximum Gasteiger partial charge on any atom is 0.182 e. The van der Waals surface area contributed by atoms with Gasteiger partial charge in [-0.1, -0.05) is 0 Å². The van der Waals surface area contributed by atoms with E-state index in [1.807, 2.05) is 6.07 Å². The van der Waals surface area contributed by atoms with Crippen molar-refractivity contribution in [1.29, 1.82) is 0 Å². The Bertz CT molecular complexity index is 1050. The second-order valence-electron chi connectivity index (χ2n) is 8.25. The molecule has 3 aromatic heterocycles. The molecule has 0 amide bonds. The number of anilines is 2. The number of piperidine rings is 1. The van der Waals surface area contributed by atoms with Gasteiger partial charge in [-0.05, 0) is 31.5 Å². The number of nitrogens with one attached hydrogen (secondary N) is 3. The van der Waals surface area contributed by atoms with Gasteiger partial charge in [-0.3, -0.25) is 9.30 Å². The molecule has 0 radical (unpaired) electrons. The second kappa shape index (κ2) is 9.76. The van der Waals surface area contributed by atoms with E-state index in [1.165, 1.54) is 12.3 Å². The van der Waals surface area contributed by atoms with Crippen LogP contribution >= 0.6 is 0 Å². The van der Waals surface area contributed by atoms with Crippen LogP contribution in [0.5, 0.6) is 0 Å². The summed E-state index contributed by atoms with van der Waals surface area (Å²) in [4.78, 5) is 16.2. The Kier molecular flexibility index (Phi) is 6.42. The lowest BCUT2D eigenvalue weighted by Crippen LogP contribution is -2.39. The zero-order valence-electron chi connectivity index (χ0n) is 18.1. The number of morpholine rings is 1. The Hall–Kier alpha value is -2.82. The Morgan fingerprint density at radius 3 is 2.91 bits per heavy atom. The van der Waals surface area contributed by atoms with Crippen molar-refractivity contribution in [2.24, 2.45) is 0 Å². The smallest absolute Gasteiger partial charge is 0.182 e. The number of pyridine rings is 1. The van der Waals surface area contributed by atoms with E-state index in [0.717, 1.165) is 77.0 Å². The summed E-state index contributed by atoms with van der Waals surface area (Å²) in [6, 6.07) is 5.31. The molecule has 32 heavy (non-hydrogen) atoms. The number of fused-ring (bicyclic) bond motifs is 1. The second-order valence-corrected chi connectivity index (χ2v) is 8.25. The van der Waals surface area contributed by atoms with Crippen LogP contribution in [0.15, 0.2) is 30.6 Å². The molecule has 0 spiro atoms. The predicted octanol–water partition coefficient (Wildman–Crippen LogP) is 1.84. The number of hydrogen-bond acceptors (Lipinski definition) is 8. The fraction of sp³-hybridized carbons (Fsp3) is 0.500. The molecule has 5 heterocycles. The van der Waals surface area contributed by atoms with E-state index in [1.54, 1.807) is 16.7 Å². The van der Waals surface area contributed by atoms with E-state index < -0.39 is 0 Å². The lowest BCUT2D eigenvalue weighted by atomic mass is 10.1. The molecule has 170 valence electrons. The Morgan fingerprint density at radius 2 is 2.06 bits per heavy atom. The third-order valence-electron chi connectivity index (χ3n) is 5.91. The van der Waals surface area contributed by atoms with E-state index in [0.29, 0.717) is 23.2 Å². The molecule has 3 aromatic rings. The van der Waals surface area contributed by atoms with Gasteiger partial charge in [0.05, 0.1) is 19.4 Å². The van der Waals surface area contributed by atoms with Crippen molar-refractivity contribution in [3.05, 3.63) is 36.4 Å². The zero-order chi connectivity index (χ0) is 21.8. The van der Waals surface area contributed by atoms with Gasteiger partial charge in [-0.15, -0.1) is 0 Å². The third kappa shape index (κ3) is 4.98. The molecule has 9 nitrogen and oxygen atoms in total. The van der Waals surface area contributed by atoms with Crippen LogP contribution in [0.2, 0.25) is 0 Å². The number of hydrogen-bond donors (Lipinski definition) is 3. The van der Waals surface area contributed by atoms with Gasteiger partial charge in [0.25, 0.3) is 0 Å². The number of halogens is 1. The van der Waals surface area contributed by atoms with Gasteiger partial charge in [-0.25, -0.2) is 19.3 Å². The first-order valence-electron chi connectivity index (χ1n) is 11.3. The minimum Gasteiger partial charge on any atom is -0.379 e. The minimum absolute atomic E-state index is 0.312. The van der Waals surface area contributed by atoms with Crippen molar-refractivity contribution >= 4 is 17.3 Å². The molecule has 2 aliphatic rings. The molecule has 0 aliphatic carbocycles. The molecular formula is C22H29FN8O. The van der Waals surface area contributed by atoms with E-state index in [4.69, 9.17) is 14.7 Å². The summed E-state index contributed by atoms with van der Waals surface area (Å²) in [5.41, 5.74) is 1.31. The quantitative estimate of drug-likeness (QED) is 0.513. The first kappa shape index (κ1) is 21.0. The van der Waals surface area contributed by atoms with Gasteiger partial charge >= 0.3 is 0 Å². The van der Waals surface area contributed by atoms with Gasteiger partial charge < -0.3 is 20.7 Å². The minimum atomic E-state index is -0.330. The monoisotopic (exact) mass is 440 g/mol. The average Bonchev–Trinajstić information content (AvgIpc) is 3.23. The summed E-state index contributed by atoms with van der Waals surface area (Å²) in [7, 11) is 0. The molecule has 1 atom stereocenters. The van der Waals surface area contributed by atoms with Crippen molar-refractivity contribution in [2.45, 2.75) is 18.9 Å². The standard InChI is InChI=1S/C22H29FN8O/c23-16-3-4-21-26-14-18(31(21)15-16)22-28-19(25-6-7-30-8-10-32-11-9-30)12-20(29-22)27-17-2-1-5-24-13-17/h3-4,12,14-15,17,24H,1-2,5-11,13H2,(H2,25,27,28,29)/t17-/m1/s1. The number of rotatable bonds is 7. The van der Waals surface area contributed by atoms with Crippen LogP contribution in [0.25, 0.3) is 17.2 Å². The van der Waals surface area contributed by atoms with Crippen molar-refractivity contribution in [3.8, 4) is 11.5 Å². The normalized spacial score (nSPS) is 19.8. The van der Waals surface area contributed by atoms with Crippen LogP contribution in [0.1, 0.15) is 12.8 Å². The highest BCUT2D eigenvalue weighted by molar-refractivity contribution is 5.62. The number of imidazole rings is 1. The fourth-order valence-electron chi connectivity index (χ4n) is 4.20.